The number of hydrogen-bond donors (Lipinski definition) is 1. The van der Waals surface area contributed by atoms with Gasteiger partial charge in [0.15, 0.2) is 28.7 Å². The molecule has 50 heavy (non-hydrogen) atoms. The Morgan fingerprint density at radius 3 is 2.20 bits per heavy atom. The molecule has 266 valence electrons. The molecule has 1 aliphatic rings. The van der Waals surface area contributed by atoms with E-state index in [1.165, 1.54) is 45.7 Å². The van der Waals surface area contributed by atoms with Gasteiger partial charge >= 0.3 is 12.1 Å². The largest absolute Gasteiger partial charge is 0.493 e. The molecule has 1 aliphatic heterocycles. The lowest BCUT2D eigenvalue weighted by Crippen LogP contribution is -2.53. The van der Waals surface area contributed by atoms with E-state index in [-0.39, 0.29) is 61.4 Å². The van der Waals surface area contributed by atoms with E-state index >= 15 is 13.2 Å². The number of β-amino-alcohol motifs (C(OH)–C–C–N with tert-alkyl or cyclic N) is 1. The first-order valence-electron chi connectivity index (χ1n) is 16.1. The van der Waals surface area contributed by atoms with Crippen LogP contribution in [0.2, 0.25) is 0 Å². The first kappa shape index (κ1) is 36.4. The van der Waals surface area contributed by atoms with Crippen molar-refractivity contribution in [2.45, 2.75) is 50.6 Å². The third-order valence-electron chi connectivity index (χ3n) is 8.87. The molecule has 1 fully saturated rings. The van der Waals surface area contributed by atoms with E-state index in [0.717, 1.165) is 5.56 Å². The number of methoxy groups -OCH3 is 3. The molecule has 5 rings (SSSR count). The molecule has 3 aromatic carbocycles. The molecule has 4 aromatic rings. The number of rotatable bonds is 13. The average Bonchev–Trinajstić information content (AvgIpc) is 3.46. The lowest BCUT2D eigenvalue weighted by molar-refractivity contribution is -0.272. The van der Waals surface area contributed by atoms with Crippen LogP contribution in [-0.2, 0) is 28.1 Å². The highest BCUT2D eigenvalue weighted by Gasteiger charge is 2.57. The Hall–Kier alpha value is -4.93. The number of esters is 1. The maximum atomic E-state index is 15.0. The molecule has 10 nitrogen and oxygen atoms in total. The SMILES string of the molecule is [C-]#[N+]c1ccc2c(C(O)(CN3CCC(Oc4ccc(CC(=O)OCC)cc4OC)CC3)C(F)(F)F)cn(Cc3ccc(OC)c(OC)c3)c2c1. The van der Waals surface area contributed by atoms with Crippen molar-refractivity contribution in [3.63, 3.8) is 0 Å². The molecule has 2 heterocycles. The number of aliphatic hydroxyl groups is 1. The summed E-state index contributed by atoms with van der Waals surface area (Å²) in [7, 11) is 4.49. The van der Waals surface area contributed by atoms with E-state index in [1.54, 1.807) is 52.8 Å². The molecule has 0 amide bonds. The predicted octanol–water partition coefficient (Wildman–Crippen LogP) is 6.67. The minimum absolute atomic E-state index is 0.0839. The van der Waals surface area contributed by atoms with Gasteiger partial charge in [0.2, 0.25) is 5.60 Å². The Morgan fingerprint density at radius 2 is 1.56 bits per heavy atom. The Morgan fingerprint density at radius 1 is 0.920 bits per heavy atom. The van der Waals surface area contributed by atoms with Crippen molar-refractivity contribution in [3.8, 4) is 23.0 Å². The van der Waals surface area contributed by atoms with Crippen LogP contribution in [0.3, 0.4) is 0 Å². The topological polar surface area (TPSA) is 96.0 Å². The summed E-state index contributed by atoms with van der Waals surface area (Å²) in [5.74, 6) is 1.52. The zero-order valence-corrected chi connectivity index (χ0v) is 28.4. The highest BCUT2D eigenvalue weighted by atomic mass is 19.4. The molecule has 0 radical (unpaired) electrons. The minimum Gasteiger partial charge on any atom is -0.493 e. The van der Waals surface area contributed by atoms with Crippen molar-refractivity contribution in [1.29, 1.82) is 0 Å². The fourth-order valence-electron chi connectivity index (χ4n) is 6.30. The summed E-state index contributed by atoms with van der Waals surface area (Å²) in [4.78, 5) is 17.0. The van der Waals surface area contributed by atoms with Gasteiger partial charge in [-0.2, -0.15) is 13.2 Å². The average molecular weight is 696 g/mol. The number of hydrogen-bond acceptors (Lipinski definition) is 8. The molecular formula is C37H40F3N3O7. The second-order valence-corrected chi connectivity index (χ2v) is 12.1. The van der Waals surface area contributed by atoms with Crippen molar-refractivity contribution in [2.75, 3.05) is 47.6 Å². The van der Waals surface area contributed by atoms with Gasteiger partial charge in [0.25, 0.3) is 0 Å². The summed E-state index contributed by atoms with van der Waals surface area (Å²) < 4.78 is 74.0. The number of halogens is 3. The molecule has 1 aromatic heterocycles. The normalized spacial score (nSPS) is 15.3. The lowest BCUT2D eigenvalue weighted by Gasteiger charge is -2.39. The molecule has 0 saturated carbocycles. The predicted molar refractivity (Wildman–Crippen MR) is 180 cm³/mol. The van der Waals surface area contributed by atoms with Crippen molar-refractivity contribution in [3.05, 3.63) is 88.9 Å². The van der Waals surface area contributed by atoms with Gasteiger partial charge in [-0.3, -0.25) is 9.69 Å². The van der Waals surface area contributed by atoms with Crippen molar-refractivity contribution in [2.24, 2.45) is 0 Å². The Bertz CT molecular complexity index is 1860. The zero-order chi connectivity index (χ0) is 36.1. The number of carbonyl (C=O) groups is 1. The molecule has 1 N–H and O–H groups in total. The summed E-state index contributed by atoms with van der Waals surface area (Å²) in [5, 5.41) is 11.9. The van der Waals surface area contributed by atoms with E-state index in [9.17, 15) is 9.90 Å². The van der Waals surface area contributed by atoms with E-state index in [2.05, 4.69) is 4.85 Å². The van der Waals surface area contributed by atoms with Crippen molar-refractivity contribution >= 4 is 22.6 Å². The molecular weight excluding hydrogens is 655 g/mol. The van der Waals surface area contributed by atoms with Crippen LogP contribution in [0.5, 0.6) is 23.0 Å². The van der Waals surface area contributed by atoms with Crippen LogP contribution in [-0.4, -0.2) is 80.4 Å². The maximum absolute atomic E-state index is 15.0. The van der Waals surface area contributed by atoms with Crippen LogP contribution in [0.4, 0.5) is 18.9 Å². The fraction of sp³-hybridized carbons (Fsp3) is 0.405. The van der Waals surface area contributed by atoms with Crippen LogP contribution < -0.4 is 18.9 Å². The van der Waals surface area contributed by atoms with Gasteiger partial charge in [-0.1, -0.05) is 24.3 Å². The van der Waals surface area contributed by atoms with Crippen LogP contribution >= 0.6 is 0 Å². The van der Waals surface area contributed by atoms with Gasteiger partial charge in [-0.25, -0.2) is 4.85 Å². The van der Waals surface area contributed by atoms with Gasteiger partial charge in [0.1, 0.15) is 6.10 Å². The standard InChI is InChI=1S/C37H40F3N3O7/c1-6-49-35(44)19-24-7-12-32(34(17-24)48-5)50-27-13-15-42(16-14-27)23-36(45,37(38,39)40)29-22-43(30-20-26(41-2)9-10-28(29)30)21-25-8-11-31(46-3)33(18-25)47-4/h7-12,17-18,20,22,27,45H,6,13-16,19,21,23H2,1,3-5H3. The number of aromatic nitrogens is 1. The van der Waals surface area contributed by atoms with Gasteiger partial charge in [-0.15, -0.1) is 0 Å². The maximum Gasteiger partial charge on any atom is 0.422 e. The van der Waals surface area contributed by atoms with Gasteiger partial charge in [0, 0.05) is 48.8 Å². The van der Waals surface area contributed by atoms with Gasteiger partial charge in [0.05, 0.1) is 40.9 Å². The molecule has 1 unspecified atom stereocenters. The third kappa shape index (κ3) is 7.77. The van der Waals surface area contributed by atoms with E-state index in [1.807, 2.05) is 0 Å². The highest BCUT2D eigenvalue weighted by Crippen LogP contribution is 2.44. The summed E-state index contributed by atoms with van der Waals surface area (Å²) in [6.45, 7) is 9.46. The van der Waals surface area contributed by atoms with Gasteiger partial charge < -0.3 is 33.4 Å². The summed E-state index contributed by atoms with van der Waals surface area (Å²) in [5.41, 5.74) is -1.42. The van der Waals surface area contributed by atoms with Crippen LogP contribution in [0.15, 0.2) is 60.8 Å². The number of alkyl halides is 3. The summed E-state index contributed by atoms with van der Waals surface area (Å²) >= 11 is 0. The van der Waals surface area contributed by atoms with E-state index in [0.29, 0.717) is 46.9 Å². The number of nitrogens with zero attached hydrogens (tertiary/aromatic N) is 3. The van der Waals surface area contributed by atoms with E-state index < -0.39 is 18.3 Å². The summed E-state index contributed by atoms with van der Waals surface area (Å²) in [6, 6.07) is 14.8. The van der Waals surface area contributed by atoms with Crippen LogP contribution in [0.1, 0.15) is 36.5 Å². The third-order valence-corrected chi connectivity index (χ3v) is 8.87. The molecule has 1 atom stereocenters. The van der Waals surface area contributed by atoms with Crippen LogP contribution in [0, 0.1) is 6.57 Å². The molecule has 0 aliphatic carbocycles. The second-order valence-electron chi connectivity index (χ2n) is 12.1. The Balaban J connectivity index is 1.36. The molecule has 13 heteroatoms. The zero-order valence-electron chi connectivity index (χ0n) is 28.4. The first-order chi connectivity index (χ1) is 23.9. The van der Waals surface area contributed by atoms with Crippen LogP contribution in [0.25, 0.3) is 15.7 Å². The Labute approximate surface area is 288 Å². The molecule has 1 saturated heterocycles. The molecule has 0 bridgehead atoms. The number of likely N-dealkylation sites (tertiary alicyclic amines) is 1. The molecule has 0 spiro atoms. The highest BCUT2D eigenvalue weighted by molar-refractivity contribution is 5.88. The monoisotopic (exact) mass is 695 g/mol. The Kier molecular flexibility index (Phi) is 11.1. The second kappa shape index (κ2) is 15.3. The number of fused-ring (bicyclic) bond motifs is 1. The number of ether oxygens (including phenoxy) is 5. The number of benzene rings is 3. The first-order valence-corrected chi connectivity index (χ1v) is 16.1. The number of carbonyl (C=O) groups excluding carboxylic acids is 1. The quantitative estimate of drug-likeness (QED) is 0.123. The van der Waals surface area contributed by atoms with Crippen molar-refractivity contribution in [1.82, 2.24) is 9.47 Å². The van der Waals surface area contributed by atoms with E-state index in [4.69, 9.17) is 30.3 Å². The lowest BCUT2D eigenvalue weighted by atomic mass is 9.91. The smallest absolute Gasteiger partial charge is 0.422 e. The van der Waals surface area contributed by atoms with Crippen molar-refractivity contribution < 1.29 is 46.8 Å². The van der Waals surface area contributed by atoms with Gasteiger partial charge in [-0.05, 0) is 61.2 Å². The number of piperidine rings is 1. The summed E-state index contributed by atoms with van der Waals surface area (Å²) in [6.07, 6.45) is -3.07. The minimum atomic E-state index is -5.01. The fourth-order valence-corrected chi connectivity index (χ4v) is 6.30.